The maximum Gasteiger partial charge on any atom is 0.0951 e. The van der Waals surface area contributed by atoms with E-state index in [-0.39, 0.29) is 0 Å². The number of hydrogen-bond donors (Lipinski definition) is 1. The molecule has 0 saturated heterocycles. The summed E-state index contributed by atoms with van der Waals surface area (Å²) in [5, 5.41) is 5.70. The second-order valence-electron chi connectivity index (χ2n) is 4.95. The third-order valence-corrected chi connectivity index (χ3v) is 3.92. The molecule has 0 spiro atoms. The molecule has 1 N–H and O–H groups in total. The summed E-state index contributed by atoms with van der Waals surface area (Å²) >= 11 is 1.83. The van der Waals surface area contributed by atoms with Crippen LogP contribution in [0.2, 0.25) is 0 Å². The Bertz CT molecular complexity index is 459. The maximum atomic E-state index is 4.22. The molecule has 0 aromatic carbocycles. The largest absolute Gasteiger partial charge is 0.331 e. The van der Waals surface area contributed by atoms with Crippen LogP contribution < -0.4 is 5.32 Å². The Hall–Kier alpha value is -1.13. The van der Waals surface area contributed by atoms with Gasteiger partial charge < -0.3 is 9.88 Å². The average molecular weight is 263 g/mol. The first-order valence-corrected chi connectivity index (χ1v) is 7.31. The minimum Gasteiger partial charge on any atom is -0.331 e. The topological polar surface area (TPSA) is 29.9 Å². The van der Waals surface area contributed by atoms with Crippen molar-refractivity contribution in [3.63, 3.8) is 0 Å². The summed E-state index contributed by atoms with van der Waals surface area (Å²) < 4.78 is 2.21. The molecule has 0 radical (unpaired) electrons. The van der Waals surface area contributed by atoms with Gasteiger partial charge >= 0.3 is 0 Å². The van der Waals surface area contributed by atoms with Crippen LogP contribution in [0.25, 0.3) is 0 Å². The van der Waals surface area contributed by atoms with Crippen molar-refractivity contribution in [3.05, 3.63) is 40.6 Å². The van der Waals surface area contributed by atoms with Crippen molar-refractivity contribution in [3.8, 4) is 0 Å². The Morgan fingerprint density at radius 1 is 1.39 bits per heavy atom. The molecule has 0 aliphatic rings. The van der Waals surface area contributed by atoms with Crippen LogP contribution in [-0.2, 0) is 13.0 Å². The van der Waals surface area contributed by atoms with E-state index in [1.54, 1.807) is 0 Å². The molecular weight excluding hydrogens is 242 g/mol. The van der Waals surface area contributed by atoms with Gasteiger partial charge in [-0.3, -0.25) is 0 Å². The summed E-state index contributed by atoms with van der Waals surface area (Å²) in [6.07, 6.45) is 4.95. The lowest BCUT2D eigenvalue weighted by Crippen LogP contribution is -2.28. The Kier molecular flexibility index (Phi) is 4.55. The molecule has 0 aliphatic carbocycles. The van der Waals surface area contributed by atoms with E-state index < -0.39 is 0 Å². The van der Waals surface area contributed by atoms with Gasteiger partial charge in [0.05, 0.1) is 12.0 Å². The lowest BCUT2D eigenvalue weighted by molar-refractivity contribution is 0.507. The van der Waals surface area contributed by atoms with E-state index >= 15 is 0 Å². The number of rotatable bonds is 6. The molecular formula is C14H21N3S. The zero-order valence-corrected chi connectivity index (χ0v) is 12.1. The third kappa shape index (κ3) is 3.43. The van der Waals surface area contributed by atoms with Gasteiger partial charge in [-0.15, -0.1) is 11.3 Å². The molecule has 0 fully saturated rings. The Morgan fingerprint density at radius 3 is 2.89 bits per heavy atom. The highest BCUT2D eigenvalue weighted by Crippen LogP contribution is 2.12. The van der Waals surface area contributed by atoms with Crippen molar-refractivity contribution < 1.29 is 0 Å². The smallest absolute Gasteiger partial charge is 0.0951 e. The maximum absolute atomic E-state index is 4.22. The van der Waals surface area contributed by atoms with Crippen LogP contribution in [0.15, 0.2) is 30.0 Å². The number of thiophene rings is 1. The number of nitrogens with zero attached hydrogens (tertiary/aromatic N) is 2. The van der Waals surface area contributed by atoms with Crippen LogP contribution >= 0.6 is 11.3 Å². The van der Waals surface area contributed by atoms with Crippen molar-refractivity contribution in [1.82, 2.24) is 14.9 Å². The molecule has 2 aromatic heterocycles. The van der Waals surface area contributed by atoms with Gasteiger partial charge in [-0.05, 0) is 38.6 Å². The number of imidazole rings is 1. The number of aromatic nitrogens is 2. The van der Waals surface area contributed by atoms with E-state index in [0.717, 1.165) is 13.0 Å². The van der Waals surface area contributed by atoms with E-state index in [1.807, 2.05) is 23.9 Å². The minimum absolute atomic E-state index is 0.469. The van der Waals surface area contributed by atoms with Gasteiger partial charge in [0.15, 0.2) is 0 Å². The van der Waals surface area contributed by atoms with Crippen molar-refractivity contribution >= 4 is 11.3 Å². The standard InChI is InChI=1S/C14H21N3S/c1-11(2)17-10-15-8-13(17)9-16-12(3)7-14-5-4-6-18-14/h4-6,8,10-12,16H,7,9H2,1-3H3. The van der Waals surface area contributed by atoms with Gasteiger partial charge in [0.2, 0.25) is 0 Å². The molecule has 2 aromatic rings. The van der Waals surface area contributed by atoms with E-state index in [9.17, 15) is 0 Å². The molecule has 0 amide bonds. The molecule has 18 heavy (non-hydrogen) atoms. The first-order chi connectivity index (χ1) is 8.66. The van der Waals surface area contributed by atoms with E-state index in [0.29, 0.717) is 12.1 Å². The van der Waals surface area contributed by atoms with Gasteiger partial charge in [-0.2, -0.15) is 0 Å². The Balaban J connectivity index is 1.85. The molecule has 3 nitrogen and oxygen atoms in total. The second kappa shape index (κ2) is 6.16. The van der Waals surface area contributed by atoms with Crippen molar-refractivity contribution in [2.24, 2.45) is 0 Å². The van der Waals surface area contributed by atoms with Crippen LogP contribution in [0.4, 0.5) is 0 Å². The molecule has 98 valence electrons. The fourth-order valence-corrected chi connectivity index (χ4v) is 2.85. The first-order valence-electron chi connectivity index (χ1n) is 6.43. The average Bonchev–Trinajstić information content (AvgIpc) is 2.96. The fourth-order valence-electron chi connectivity index (χ4n) is 2.02. The van der Waals surface area contributed by atoms with Crippen molar-refractivity contribution in [1.29, 1.82) is 0 Å². The molecule has 4 heteroatoms. The molecule has 0 bridgehead atoms. The van der Waals surface area contributed by atoms with Gasteiger partial charge in [0, 0.05) is 29.7 Å². The number of nitrogens with one attached hydrogen (secondary N) is 1. The predicted molar refractivity (Wildman–Crippen MR) is 76.9 cm³/mol. The number of hydrogen-bond acceptors (Lipinski definition) is 3. The second-order valence-corrected chi connectivity index (χ2v) is 5.98. The highest BCUT2D eigenvalue weighted by Gasteiger charge is 2.08. The Labute approximate surface area is 113 Å². The van der Waals surface area contributed by atoms with Crippen LogP contribution in [-0.4, -0.2) is 15.6 Å². The first kappa shape index (κ1) is 13.3. The zero-order chi connectivity index (χ0) is 13.0. The highest BCUT2D eigenvalue weighted by atomic mass is 32.1. The van der Waals surface area contributed by atoms with E-state index in [1.165, 1.54) is 10.6 Å². The Morgan fingerprint density at radius 2 is 2.22 bits per heavy atom. The summed E-state index contributed by atoms with van der Waals surface area (Å²) in [5.74, 6) is 0. The van der Waals surface area contributed by atoms with E-state index in [4.69, 9.17) is 0 Å². The van der Waals surface area contributed by atoms with Gasteiger partial charge in [0.1, 0.15) is 0 Å². The summed E-state index contributed by atoms with van der Waals surface area (Å²) in [6.45, 7) is 7.47. The molecule has 2 rings (SSSR count). The normalized spacial score (nSPS) is 13.1. The monoisotopic (exact) mass is 263 g/mol. The van der Waals surface area contributed by atoms with Crippen LogP contribution in [0.5, 0.6) is 0 Å². The zero-order valence-electron chi connectivity index (χ0n) is 11.3. The molecule has 0 saturated carbocycles. The summed E-state index contributed by atoms with van der Waals surface area (Å²) in [4.78, 5) is 5.66. The van der Waals surface area contributed by atoms with Gasteiger partial charge in [-0.1, -0.05) is 6.07 Å². The quantitative estimate of drug-likeness (QED) is 0.867. The van der Waals surface area contributed by atoms with Crippen molar-refractivity contribution in [2.45, 2.75) is 45.8 Å². The molecule has 2 heterocycles. The summed E-state index contributed by atoms with van der Waals surface area (Å²) in [6, 6.07) is 5.26. The highest BCUT2D eigenvalue weighted by molar-refractivity contribution is 7.09. The van der Waals surface area contributed by atoms with E-state index in [2.05, 4.69) is 53.2 Å². The SMILES string of the molecule is CC(Cc1cccs1)NCc1cncn1C(C)C. The molecule has 1 atom stereocenters. The van der Waals surface area contributed by atoms with Gasteiger partial charge in [-0.25, -0.2) is 4.98 Å². The van der Waals surface area contributed by atoms with Crippen molar-refractivity contribution in [2.75, 3.05) is 0 Å². The summed E-state index contributed by atoms with van der Waals surface area (Å²) in [7, 11) is 0. The minimum atomic E-state index is 0.469. The van der Waals surface area contributed by atoms with Crippen LogP contribution in [0.1, 0.15) is 37.4 Å². The van der Waals surface area contributed by atoms with Crippen LogP contribution in [0, 0.1) is 0 Å². The molecule has 1 unspecified atom stereocenters. The predicted octanol–water partition coefficient (Wildman–Crippen LogP) is 3.25. The third-order valence-electron chi connectivity index (χ3n) is 3.02. The lowest BCUT2D eigenvalue weighted by atomic mass is 10.2. The summed E-state index contributed by atoms with van der Waals surface area (Å²) in [5.41, 5.74) is 1.25. The fraction of sp³-hybridized carbons (Fsp3) is 0.500. The lowest BCUT2D eigenvalue weighted by Gasteiger charge is -2.16. The van der Waals surface area contributed by atoms with Crippen LogP contribution in [0.3, 0.4) is 0 Å². The molecule has 0 aliphatic heterocycles. The van der Waals surface area contributed by atoms with Gasteiger partial charge in [0.25, 0.3) is 0 Å².